The third kappa shape index (κ3) is 62.9. The van der Waals surface area contributed by atoms with Crippen molar-refractivity contribution in [2.45, 2.75) is 430 Å². The molecule has 0 saturated carbocycles. The molecule has 0 fully saturated rings. The average molecular weight is 1140 g/mol. The van der Waals surface area contributed by atoms with E-state index < -0.39 is 36.9 Å². The molecule has 1 amide bonds. The van der Waals surface area contributed by atoms with Gasteiger partial charge in [-0.05, 0) is 77.0 Å². The van der Waals surface area contributed by atoms with Gasteiger partial charge in [0.1, 0.15) is 12.2 Å². The van der Waals surface area contributed by atoms with Crippen molar-refractivity contribution < 1.29 is 25.2 Å². The van der Waals surface area contributed by atoms with Crippen molar-refractivity contribution in [3.05, 3.63) is 36.5 Å². The number of nitrogens with one attached hydrogen (secondary N) is 1. The van der Waals surface area contributed by atoms with E-state index in [1.165, 1.54) is 334 Å². The highest BCUT2D eigenvalue weighted by Crippen LogP contribution is 2.19. The zero-order valence-corrected chi connectivity index (χ0v) is 54.8. The van der Waals surface area contributed by atoms with Crippen LogP contribution in [0.1, 0.15) is 406 Å². The lowest BCUT2D eigenvalue weighted by Crippen LogP contribution is -2.53. The Morgan fingerprint density at radius 2 is 0.519 bits per heavy atom. The summed E-state index contributed by atoms with van der Waals surface area (Å²) in [5.74, 6) is -0.591. The molecule has 0 aliphatic heterocycles. The molecule has 0 spiro atoms. The van der Waals surface area contributed by atoms with Crippen LogP contribution in [-0.2, 0) is 4.79 Å². The van der Waals surface area contributed by atoms with E-state index in [1.54, 1.807) is 0 Å². The minimum absolute atomic E-state index is 0.363. The summed E-state index contributed by atoms with van der Waals surface area (Å²) < 4.78 is 0. The van der Waals surface area contributed by atoms with E-state index in [2.05, 4.69) is 55.6 Å². The van der Waals surface area contributed by atoms with Crippen LogP contribution in [0.25, 0.3) is 0 Å². The number of carbonyl (C=O) groups excluding carboxylic acids is 1. The molecule has 81 heavy (non-hydrogen) atoms. The van der Waals surface area contributed by atoms with Crippen LogP contribution in [0.15, 0.2) is 36.5 Å². The number of aliphatic hydroxyl groups is 4. The van der Waals surface area contributed by atoms with Crippen molar-refractivity contribution in [1.29, 1.82) is 0 Å². The summed E-state index contributed by atoms with van der Waals surface area (Å²) in [6.07, 6.45) is 90.1. The van der Waals surface area contributed by atoms with E-state index in [-0.39, 0.29) is 0 Å². The van der Waals surface area contributed by atoms with Gasteiger partial charge in [0, 0.05) is 0 Å². The van der Waals surface area contributed by atoms with E-state index in [0.717, 1.165) is 38.5 Å². The summed E-state index contributed by atoms with van der Waals surface area (Å²) in [7, 11) is 0. The molecule has 4 atom stereocenters. The highest BCUT2D eigenvalue weighted by atomic mass is 16.3. The molecule has 0 aromatic carbocycles. The first-order valence-corrected chi connectivity index (χ1v) is 36.9. The van der Waals surface area contributed by atoms with Gasteiger partial charge in [-0.15, -0.1) is 0 Å². The third-order valence-corrected chi connectivity index (χ3v) is 17.6. The number of rotatable bonds is 69. The van der Waals surface area contributed by atoms with Gasteiger partial charge in [-0.25, -0.2) is 0 Å². The lowest BCUT2D eigenvalue weighted by molar-refractivity contribution is -0.132. The SMILES string of the molecule is CCCCCCCCCCCCCCCCCC/C=C\CCCCCCCCCCCCCCCCCCC(O)C(=O)NC(CO)C(O)C(O)CCC/C=C/CC/C=C/CCCCCCCCCCCCCCCCCCCCCC. The molecule has 0 aromatic rings. The lowest BCUT2D eigenvalue weighted by atomic mass is 10.00. The van der Waals surface area contributed by atoms with Crippen molar-refractivity contribution in [2.24, 2.45) is 0 Å². The second-order valence-corrected chi connectivity index (χ2v) is 25.6. The topological polar surface area (TPSA) is 110 Å². The Morgan fingerprint density at radius 3 is 0.778 bits per heavy atom. The lowest BCUT2D eigenvalue weighted by Gasteiger charge is -2.27. The summed E-state index contributed by atoms with van der Waals surface area (Å²) in [6.45, 7) is 4.10. The van der Waals surface area contributed by atoms with Crippen LogP contribution in [0.5, 0.6) is 0 Å². The van der Waals surface area contributed by atoms with Crippen LogP contribution in [0.2, 0.25) is 0 Å². The predicted molar refractivity (Wildman–Crippen MR) is 357 cm³/mol. The van der Waals surface area contributed by atoms with Gasteiger partial charge in [0.2, 0.25) is 5.91 Å². The standard InChI is InChI=1S/C75H145NO5/c1-3-5-7-9-11-13-15-17-19-21-23-25-27-29-31-33-34-35-36-37-38-39-41-43-45-47-49-51-53-55-57-59-61-63-65-67-69-73(79)75(81)76-71(70-77)74(80)72(78)68-66-64-62-60-58-56-54-52-50-48-46-44-42-40-32-30-28-26-24-22-20-18-16-14-12-10-8-6-4-2/h35-36,52,54,60,62,71-74,77-80H,3-34,37-51,53,55-59,61,63-70H2,1-2H3,(H,76,81)/b36-35-,54-52+,62-60+. The van der Waals surface area contributed by atoms with Gasteiger partial charge in [0.15, 0.2) is 0 Å². The maximum absolute atomic E-state index is 12.7. The van der Waals surface area contributed by atoms with Crippen molar-refractivity contribution in [1.82, 2.24) is 5.32 Å². The van der Waals surface area contributed by atoms with Crippen molar-refractivity contribution in [2.75, 3.05) is 6.61 Å². The first-order chi connectivity index (χ1) is 40.0. The zero-order valence-electron chi connectivity index (χ0n) is 54.8. The van der Waals surface area contributed by atoms with Crippen molar-refractivity contribution in [3.63, 3.8) is 0 Å². The largest absolute Gasteiger partial charge is 0.394 e. The number of allylic oxidation sites excluding steroid dienone is 6. The monoisotopic (exact) mass is 1140 g/mol. The number of amides is 1. The van der Waals surface area contributed by atoms with Crippen LogP contribution in [-0.4, -0.2) is 57.3 Å². The van der Waals surface area contributed by atoms with Gasteiger partial charge in [0.25, 0.3) is 0 Å². The molecule has 0 aromatic heterocycles. The van der Waals surface area contributed by atoms with Gasteiger partial charge in [-0.2, -0.15) is 0 Å². The van der Waals surface area contributed by atoms with Crippen LogP contribution < -0.4 is 5.32 Å². The average Bonchev–Trinajstić information content (AvgIpc) is 3.47. The predicted octanol–water partition coefficient (Wildman–Crippen LogP) is 23.1. The molecule has 0 rings (SSSR count). The fraction of sp³-hybridized carbons (Fsp3) is 0.907. The maximum atomic E-state index is 12.7. The Hall–Kier alpha value is -1.47. The molecule has 0 radical (unpaired) electrons. The third-order valence-electron chi connectivity index (χ3n) is 17.6. The molecule has 6 nitrogen and oxygen atoms in total. The van der Waals surface area contributed by atoms with E-state index in [1.807, 2.05) is 0 Å². The summed E-state index contributed by atoms with van der Waals surface area (Å²) in [5.41, 5.74) is 0. The second kappa shape index (κ2) is 69.3. The Labute approximate surface area is 507 Å². The van der Waals surface area contributed by atoms with E-state index in [4.69, 9.17) is 0 Å². The molecule has 0 saturated heterocycles. The smallest absolute Gasteiger partial charge is 0.249 e. The first kappa shape index (κ1) is 79.5. The molecule has 0 heterocycles. The van der Waals surface area contributed by atoms with Crippen molar-refractivity contribution in [3.8, 4) is 0 Å². The van der Waals surface area contributed by atoms with Crippen LogP contribution in [0, 0.1) is 0 Å². The normalized spacial score (nSPS) is 13.6. The summed E-state index contributed by atoms with van der Waals surface area (Å²) in [5, 5.41) is 44.2. The second-order valence-electron chi connectivity index (χ2n) is 25.6. The van der Waals surface area contributed by atoms with E-state index in [9.17, 15) is 25.2 Å². The zero-order chi connectivity index (χ0) is 58.7. The summed E-state index contributed by atoms with van der Waals surface area (Å²) in [6, 6.07) is -1.01. The van der Waals surface area contributed by atoms with Gasteiger partial charge < -0.3 is 25.7 Å². The molecule has 4 unspecified atom stereocenters. The van der Waals surface area contributed by atoms with E-state index >= 15 is 0 Å². The van der Waals surface area contributed by atoms with E-state index in [0.29, 0.717) is 19.3 Å². The number of unbranched alkanes of at least 4 members (excludes halogenated alkanes) is 54. The van der Waals surface area contributed by atoms with Gasteiger partial charge in [-0.1, -0.05) is 365 Å². The molecule has 6 heteroatoms. The number of hydrogen-bond donors (Lipinski definition) is 5. The van der Waals surface area contributed by atoms with Crippen LogP contribution in [0.4, 0.5) is 0 Å². The maximum Gasteiger partial charge on any atom is 0.249 e. The van der Waals surface area contributed by atoms with Gasteiger partial charge >= 0.3 is 0 Å². The van der Waals surface area contributed by atoms with Crippen LogP contribution >= 0.6 is 0 Å². The quantitative estimate of drug-likeness (QED) is 0.0308. The minimum Gasteiger partial charge on any atom is -0.394 e. The first-order valence-electron chi connectivity index (χ1n) is 36.9. The fourth-order valence-corrected chi connectivity index (χ4v) is 11.8. The number of carbonyl (C=O) groups is 1. The van der Waals surface area contributed by atoms with Gasteiger partial charge in [-0.3, -0.25) is 4.79 Å². The molecular formula is C75H145NO5. The highest BCUT2D eigenvalue weighted by molar-refractivity contribution is 5.80. The Kier molecular flexibility index (Phi) is 68.0. The molecule has 0 aliphatic rings. The number of aliphatic hydroxyl groups excluding tert-OH is 4. The van der Waals surface area contributed by atoms with Gasteiger partial charge in [0.05, 0.1) is 18.8 Å². The van der Waals surface area contributed by atoms with Crippen molar-refractivity contribution >= 4 is 5.91 Å². The Morgan fingerprint density at radius 1 is 0.296 bits per heavy atom. The molecule has 480 valence electrons. The fourth-order valence-electron chi connectivity index (χ4n) is 11.8. The number of hydrogen-bond acceptors (Lipinski definition) is 5. The molecule has 0 bridgehead atoms. The molecule has 5 N–H and O–H groups in total. The summed E-state index contributed by atoms with van der Waals surface area (Å²) in [4.78, 5) is 12.7. The molecule has 0 aliphatic carbocycles. The molecular weight excluding hydrogens is 995 g/mol. The highest BCUT2D eigenvalue weighted by Gasteiger charge is 2.28. The Bertz CT molecular complexity index is 1280. The Balaban J connectivity index is 3.56. The summed E-state index contributed by atoms with van der Waals surface area (Å²) >= 11 is 0. The minimum atomic E-state index is -1.29. The van der Waals surface area contributed by atoms with Crippen LogP contribution in [0.3, 0.4) is 0 Å².